The summed E-state index contributed by atoms with van der Waals surface area (Å²) in [5.74, 6) is -1.28. The summed E-state index contributed by atoms with van der Waals surface area (Å²) in [4.78, 5) is 10.9. The molecule has 0 bridgehead atoms. The van der Waals surface area contributed by atoms with Crippen molar-refractivity contribution in [1.82, 2.24) is 9.78 Å². The highest BCUT2D eigenvalue weighted by Crippen LogP contribution is 2.21. The van der Waals surface area contributed by atoms with Gasteiger partial charge in [0, 0.05) is 18.1 Å². The molecule has 0 saturated carbocycles. The van der Waals surface area contributed by atoms with Crippen molar-refractivity contribution in [3.63, 3.8) is 0 Å². The van der Waals surface area contributed by atoms with Gasteiger partial charge < -0.3 is 5.11 Å². The number of carboxylic acid groups (broad SMARTS) is 1. The van der Waals surface area contributed by atoms with E-state index in [1.807, 2.05) is 36.0 Å². The number of benzene rings is 1. The molecule has 1 aromatic carbocycles. The lowest BCUT2D eigenvalue weighted by Crippen LogP contribution is -2.06. The zero-order valence-corrected chi connectivity index (χ0v) is 9.34. The van der Waals surface area contributed by atoms with Gasteiger partial charge in [-0.3, -0.25) is 9.48 Å². The monoisotopic (exact) mass is 218 g/mol. The van der Waals surface area contributed by atoms with Gasteiger partial charge in [0.2, 0.25) is 0 Å². The fourth-order valence-electron chi connectivity index (χ4n) is 1.67. The first-order valence-electron chi connectivity index (χ1n) is 5.31. The molecule has 2 aromatic rings. The highest BCUT2D eigenvalue weighted by Gasteiger charge is 2.14. The van der Waals surface area contributed by atoms with E-state index in [1.54, 1.807) is 6.92 Å². The molecule has 0 aliphatic rings. The van der Waals surface area contributed by atoms with Crippen LogP contribution < -0.4 is 0 Å². The molecule has 84 valence electrons. The van der Waals surface area contributed by atoms with E-state index in [2.05, 4.69) is 5.10 Å². The van der Waals surface area contributed by atoms with E-state index in [1.165, 1.54) is 0 Å². The van der Waals surface area contributed by atoms with E-state index >= 15 is 0 Å². The summed E-state index contributed by atoms with van der Waals surface area (Å²) < 4.78 is 1.85. The molecular weight excluding hydrogens is 204 g/mol. The average molecular weight is 218 g/mol. The van der Waals surface area contributed by atoms with Crippen molar-refractivity contribution in [2.75, 3.05) is 0 Å². The topological polar surface area (TPSA) is 55.1 Å². The summed E-state index contributed by atoms with van der Waals surface area (Å²) in [6.07, 6.45) is 1.94. The summed E-state index contributed by atoms with van der Waals surface area (Å²) >= 11 is 0. The predicted octanol–water partition coefficient (Wildman–Crippen LogP) is 2.24. The first kappa shape index (κ1) is 10.7. The third-order valence-electron chi connectivity index (χ3n) is 2.77. The van der Waals surface area contributed by atoms with Crippen molar-refractivity contribution in [1.29, 1.82) is 0 Å². The highest BCUT2D eigenvalue weighted by molar-refractivity contribution is 5.82. The fourth-order valence-corrected chi connectivity index (χ4v) is 1.67. The minimum absolute atomic E-state index is 0.477. The molecule has 0 radical (unpaired) electrons. The van der Waals surface area contributed by atoms with Crippen molar-refractivity contribution in [2.45, 2.75) is 26.3 Å². The second-order valence-electron chi connectivity index (χ2n) is 3.86. The van der Waals surface area contributed by atoms with Gasteiger partial charge in [-0.15, -0.1) is 0 Å². The van der Waals surface area contributed by atoms with Crippen LogP contribution >= 0.6 is 0 Å². The molecule has 0 fully saturated rings. The molecule has 16 heavy (non-hydrogen) atoms. The molecule has 0 amide bonds. The highest BCUT2D eigenvalue weighted by atomic mass is 16.4. The third kappa shape index (κ3) is 1.78. The van der Waals surface area contributed by atoms with Crippen LogP contribution in [-0.2, 0) is 11.3 Å². The smallest absolute Gasteiger partial charge is 0.310 e. The van der Waals surface area contributed by atoms with Gasteiger partial charge in [0.25, 0.3) is 0 Å². The summed E-state index contributed by atoms with van der Waals surface area (Å²) in [6, 6.07) is 5.59. The lowest BCUT2D eigenvalue weighted by atomic mass is 10.0. The Morgan fingerprint density at radius 1 is 1.56 bits per heavy atom. The molecule has 4 heteroatoms. The van der Waals surface area contributed by atoms with Crippen LogP contribution in [0.1, 0.15) is 25.3 Å². The van der Waals surface area contributed by atoms with E-state index in [4.69, 9.17) is 5.11 Å². The van der Waals surface area contributed by atoms with E-state index in [9.17, 15) is 4.79 Å². The molecule has 1 heterocycles. The average Bonchev–Trinajstić information content (AvgIpc) is 2.69. The maximum atomic E-state index is 10.9. The standard InChI is InChI=1S/C12H14N2O2/c1-3-14-7-10-6-9(8(2)12(15)16)4-5-11(10)13-14/h4-8H,3H2,1-2H3,(H,15,16). The van der Waals surface area contributed by atoms with Gasteiger partial charge in [0.15, 0.2) is 0 Å². The summed E-state index contributed by atoms with van der Waals surface area (Å²) in [7, 11) is 0. The maximum Gasteiger partial charge on any atom is 0.310 e. The molecule has 0 aliphatic carbocycles. The number of rotatable bonds is 3. The molecular formula is C12H14N2O2. The fraction of sp³-hybridized carbons (Fsp3) is 0.333. The summed E-state index contributed by atoms with van der Waals surface area (Å²) in [6.45, 7) is 4.53. The summed E-state index contributed by atoms with van der Waals surface area (Å²) in [5.41, 5.74) is 1.72. The SMILES string of the molecule is CCn1cc2cc(C(C)C(=O)O)ccc2n1. The number of hydrogen-bond acceptors (Lipinski definition) is 2. The number of aliphatic carboxylic acids is 1. The lowest BCUT2D eigenvalue weighted by molar-refractivity contribution is -0.138. The van der Waals surface area contributed by atoms with E-state index in [-0.39, 0.29) is 0 Å². The molecule has 0 spiro atoms. The molecule has 1 N–H and O–H groups in total. The maximum absolute atomic E-state index is 10.9. The van der Waals surface area contributed by atoms with E-state index in [0.29, 0.717) is 0 Å². The quantitative estimate of drug-likeness (QED) is 0.859. The van der Waals surface area contributed by atoms with Crippen molar-refractivity contribution in [3.8, 4) is 0 Å². The van der Waals surface area contributed by atoms with E-state index < -0.39 is 11.9 Å². The van der Waals surface area contributed by atoms with Crippen LogP contribution in [0.4, 0.5) is 0 Å². The van der Waals surface area contributed by atoms with Gasteiger partial charge in [-0.25, -0.2) is 0 Å². The van der Waals surface area contributed by atoms with Crippen LogP contribution in [0.3, 0.4) is 0 Å². The van der Waals surface area contributed by atoms with Crippen molar-refractivity contribution in [3.05, 3.63) is 30.0 Å². The molecule has 1 unspecified atom stereocenters. The predicted molar refractivity (Wildman–Crippen MR) is 61.5 cm³/mol. The van der Waals surface area contributed by atoms with Crippen LogP contribution in [0.5, 0.6) is 0 Å². The Morgan fingerprint density at radius 2 is 2.31 bits per heavy atom. The van der Waals surface area contributed by atoms with Gasteiger partial charge >= 0.3 is 5.97 Å². The second kappa shape index (κ2) is 3.96. The molecule has 0 saturated heterocycles. The number of hydrogen-bond donors (Lipinski definition) is 1. The number of nitrogens with zero attached hydrogens (tertiary/aromatic N) is 2. The van der Waals surface area contributed by atoms with E-state index in [0.717, 1.165) is 23.0 Å². The van der Waals surface area contributed by atoms with Crippen LogP contribution in [-0.4, -0.2) is 20.9 Å². The van der Waals surface area contributed by atoms with Crippen LogP contribution in [0, 0.1) is 0 Å². The Hall–Kier alpha value is -1.84. The zero-order valence-electron chi connectivity index (χ0n) is 9.34. The number of aryl methyl sites for hydroxylation is 1. The van der Waals surface area contributed by atoms with Crippen LogP contribution in [0.2, 0.25) is 0 Å². The van der Waals surface area contributed by atoms with Gasteiger partial charge in [-0.1, -0.05) is 6.07 Å². The first-order chi connectivity index (χ1) is 7.61. The minimum atomic E-state index is -0.803. The Morgan fingerprint density at radius 3 is 2.94 bits per heavy atom. The zero-order chi connectivity index (χ0) is 11.7. The summed E-state index contributed by atoms with van der Waals surface area (Å²) in [5, 5.41) is 14.3. The number of fused-ring (bicyclic) bond motifs is 1. The van der Waals surface area contributed by atoms with Gasteiger partial charge in [-0.05, 0) is 31.5 Å². The Kier molecular flexibility index (Phi) is 2.64. The van der Waals surface area contributed by atoms with Crippen LogP contribution in [0.15, 0.2) is 24.4 Å². The van der Waals surface area contributed by atoms with Gasteiger partial charge in [0.05, 0.1) is 11.4 Å². The molecule has 1 atom stereocenters. The largest absolute Gasteiger partial charge is 0.481 e. The molecule has 4 nitrogen and oxygen atoms in total. The minimum Gasteiger partial charge on any atom is -0.481 e. The normalized spacial score (nSPS) is 12.9. The number of aromatic nitrogens is 2. The number of carbonyl (C=O) groups is 1. The Labute approximate surface area is 93.5 Å². The van der Waals surface area contributed by atoms with Crippen molar-refractivity contribution in [2.24, 2.45) is 0 Å². The van der Waals surface area contributed by atoms with Gasteiger partial charge in [-0.2, -0.15) is 5.10 Å². The van der Waals surface area contributed by atoms with Crippen molar-refractivity contribution >= 4 is 16.9 Å². The molecule has 2 rings (SSSR count). The van der Waals surface area contributed by atoms with Crippen molar-refractivity contribution < 1.29 is 9.90 Å². The Balaban J connectivity index is 2.46. The molecule has 0 aliphatic heterocycles. The number of carboxylic acids is 1. The lowest BCUT2D eigenvalue weighted by Gasteiger charge is -2.05. The first-order valence-corrected chi connectivity index (χ1v) is 5.31. The van der Waals surface area contributed by atoms with Crippen LogP contribution in [0.25, 0.3) is 10.9 Å². The van der Waals surface area contributed by atoms with Gasteiger partial charge in [0.1, 0.15) is 0 Å². The third-order valence-corrected chi connectivity index (χ3v) is 2.77. The second-order valence-corrected chi connectivity index (χ2v) is 3.86. The molecule has 1 aromatic heterocycles. The Bertz CT molecular complexity index is 531.